The summed E-state index contributed by atoms with van der Waals surface area (Å²) >= 11 is 0. The molecule has 2 atom stereocenters. The van der Waals surface area contributed by atoms with E-state index in [2.05, 4.69) is 30.4 Å². The highest BCUT2D eigenvalue weighted by Crippen LogP contribution is 2.25. The number of benzene rings is 1. The topological polar surface area (TPSA) is 46.2 Å². The van der Waals surface area contributed by atoms with Crippen LogP contribution >= 0.6 is 0 Å². The Bertz CT molecular complexity index is 525. The van der Waals surface area contributed by atoms with E-state index in [-0.39, 0.29) is 11.3 Å². The highest BCUT2D eigenvalue weighted by atomic mass is 32.2. The molecule has 1 aliphatic carbocycles. The molecule has 1 aromatic carbocycles. The zero-order valence-electron chi connectivity index (χ0n) is 11.7. The van der Waals surface area contributed by atoms with E-state index >= 15 is 0 Å². The molecule has 2 rings (SSSR count). The Kier molecular flexibility index (Phi) is 4.63. The first-order valence-electron chi connectivity index (χ1n) is 7.01. The Morgan fingerprint density at radius 1 is 1.21 bits per heavy atom. The van der Waals surface area contributed by atoms with Gasteiger partial charge < -0.3 is 5.32 Å². The zero-order chi connectivity index (χ0) is 13.9. The maximum atomic E-state index is 11.7. The summed E-state index contributed by atoms with van der Waals surface area (Å²) < 4.78 is 23.5. The highest BCUT2D eigenvalue weighted by molar-refractivity contribution is 7.91. The van der Waals surface area contributed by atoms with E-state index < -0.39 is 9.84 Å². The maximum absolute atomic E-state index is 11.7. The van der Waals surface area contributed by atoms with Gasteiger partial charge in [0, 0.05) is 18.8 Å². The first-order valence-corrected chi connectivity index (χ1v) is 8.97. The smallest absolute Gasteiger partial charge is 0.151 e. The van der Waals surface area contributed by atoms with Crippen molar-refractivity contribution in [2.75, 3.05) is 6.26 Å². The lowest BCUT2D eigenvalue weighted by atomic mass is 10.0. The van der Waals surface area contributed by atoms with Crippen LogP contribution in [0.2, 0.25) is 0 Å². The van der Waals surface area contributed by atoms with Gasteiger partial charge in [-0.2, -0.15) is 0 Å². The van der Waals surface area contributed by atoms with Gasteiger partial charge in [-0.25, -0.2) is 8.42 Å². The molecule has 106 valence electrons. The molecule has 0 spiro atoms. The second-order valence-corrected chi connectivity index (χ2v) is 7.67. The first kappa shape index (κ1) is 14.5. The second-order valence-electron chi connectivity index (χ2n) is 5.41. The van der Waals surface area contributed by atoms with Gasteiger partial charge in [0.05, 0.1) is 5.25 Å². The second kappa shape index (κ2) is 6.06. The quantitative estimate of drug-likeness (QED) is 0.901. The Morgan fingerprint density at radius 2 is 1.89 bits per heavy atom. The number of aryl methyl sites for hydroxylation is 1. The van der Waals surface area contributed by atoms with Crippen molar-refractivity contribution in [2.45, 2.75) is 50.4 Å². The summed E-state index contributed by atoms with van der Waals surface area (Å²) in [5.74, 6) is 0. The lowest BCUT2D eigenvalue weighted by Gasteiger charge is -2.20. The van der Waals surface area contributed by atoms with Crippen molar-refractivity contribution >= 4 is 9.84 Å². The minimum Gasteiger partial charge on any atom is -0.309 e. The summed E-state index contributed by atoms with van der Waals surface area (Å²) in [7, 11) is -2.93. The fraction of sp³-hybridized carbons (Fsp3) is 0.600. The maximum Gasteiger partial charge on any atom is 0.151 e. The molecule has 0 aliphatic heterocycles. The third-order valence-electron chi connectivity index (χ3n) is 4.06. The molecule has 1 saturated carbocycles. The van der Waals surface area contributed by atoms with Gasteiger partial charge in [0.15, 0.2) is 9.84 Å². The summed E-state index contributed by atoms with van der Waals surface area (Å²) in [6.07, 6.45) is 5.14. The van der Waals surface area contributed by atoms with Crippen LogP contribution in [-0.2, 0) is 22.8 Å². The van der Waals surface area contributed by atoms with Crippen LogP contribution in [0.3, 0.4) is 0 Å². The van der Waals surface area contributed by atoms with Gasteiger partial charge in [0.25, 0.3) is 0 Å². The van der Waals surface area contributed by atoms with Crippen LogP contribution in [0.15, 0.2) is 24.3 Å². The largest absolute Gasteiger partial charge is 0.309 e. The molecule has 0 heterocycles. The van der Waals surface area contributed by atoms with E-state index in [1.54, 1.807) is 0 Å². The van der Waals surface area contributed by atoms with Crippen molar-refractivity contribution < 1.29 is 8.42 Å². The monoisotopic (exact) mass is 281 g/mol. The minimum atomic E-state index is -2.93. The van der Waals surface area contributed by atoms with Crippen LogP contribution < -0.4 is 5.32 Å². The predicted octanol–water partition coefficient (Wildman–Crippen LogP) is 2.30. The highest BCUT2D eigenvalue weighted by Gasteiger charge is 2.34. The van der Waals surface area contributed by atoms with Gasteiger partial charge in [0.1, 0.15) is 0 Å². The van der Waals surface area contributed by atoms with Gasteiger partial charge in [-0.3, -0.25) is 0 Å². The molecule has 0 amide bonds. The molecule has 1 fully saturated rings. The molecular formula is C15H23NO2S. The Hall–Kier alpha value is -0.870. The van der Waals surface area contributed by atoms with Gasteiger partial charge >= 0.3 is 0 Å². The zero-order valence-corrected chi connectivity index (χ0v) is 12.5. The fourth-order valence-corrected chi connectivity index (χ4v) is 4.41. The van der Waals surface area contributed by atoms with Gasteiger partial charge in [-0.05, 0) is 30.4 Å². The van der Waals surface area contributed by atoms with Crippen LogP contribution in [0.4, 0.5) is 0 Å². The number of hydrogen-bond acceptors (Lipinski definition) is 3. The van der Waals surface area contributed by atoms with Crippen molar-refractivity contribution in [3.63, 3.8) is 0 Å². The molecule has 4 heteroatoms. The normalized spacial score (nSPS) is 23.7. The molecule has 19 heavy (non-hydrogen) atoms. The molecule has 1 aliphatic rings. The Balaban J connectivity index is 2.02. The third-order valence-corrected chi connectivity index (χ3v) is 5.72. The third kappa shape index (κ3) is 3.57. The van der Waals surface area contributed by atoms with Crippen LogP contribution in [-0.4, -0.2) is 26.0 Å². The number of rotatable bonds is 5. The summed E-state index contributed by atoms with van der Waals surface area (Å²) in [5.41, 5.74) is 2.62. The summed E-state index contributed by atoms with van der Waals surface area (Å²) in [4.78, 5) is 0. The van der Waals surface area contributed by atoms with E-state index in [9.17, 15) is 8.42 Å². The molecule has 1 aromatic rings. The van der Waals surface area contributed by atoms with Gasteiger partial charge in [-0.15, -0.1) is 0 Å². The number of sulfone groups is 1. The van der Waals surface area contributed by atoms with Gasteiger partial charge in [0.2, 0.25) is 0 Å². The number of hydrogen-bond donors (Lipinski definition) is 1. The van der Waals surface area contributed by atoms with Crippen LogP contribution in [0.5, 0.6) is 0 Å². The first-order chi connectivity index (χ1) is 9.02. The summed E-state index contributed by atoms with van der Waals surface area (Å²) in [6.45, 7) is 2.91. The molecule has 0 aromatic heterocycles. The average molecular weight is 281 g/mol. The molecule has 1 N–H and O–H groups in total. The molecule has 2 unspecified atom stereocenters. The van der Waals surface area contributed by atoms with E-state index in [4.69, 9.17) is 0 Å². The fourth-order valence-electron chi connectivity index (χ4n) is 2.99. The predicted molar refractivity (Wildman–Crippen MR) is 78.9 cm³/mol. The van der Waals surface area contributed by atoms with Crippen molar-refractivity contribution in [3.05, 3.63) is 35.4 Å². The average Bonchev–Trinajstić information content (AvgIpc) is 2.85. The van der Waals surface area contributed by atoms with Crippen molar-refractivity contribution in [1.29, 1.82) is 0 Å². The standard InChI is InChI=1S/C15H23NO2S/c1-3-12-7-4-5-8-13(12)11-16-14-9-6-10-15(14)19(2,17)18/h4-5,7-8,14-16H,3,6,9-11H2,1-2H3. The molecule has 3 nitrogen and oxygen atoms in total. The van der Waals surface area contributed by atoms with E-state index in [1.807, 2.05) is 6.07 Å². The lowest BCUT2D eigenvalue weighted by Crippen LogP contribution is -2.39. The lowest BCUT2D eigenvalue weighted by molar-refractivity contribution is 0.506. The Morgan fingerprint density at radius 3 is 2.53 bits per heavy atom. The van der Waals surface area contributed by atoms with Gasteiger partial charge in [-0.1, -0.05) is 37.6 Å². The van der Waals surface area contributed by atoms with Crippen molar-refractivity contribution in [2.24, 2.45) is 0 Å². The van der Waals surface area contributed by atoms with E-state index in [1.165, 1.54) is 17.4 Å². The van der Waals surface area contributed by atoms with Crippen LogP contribution in [0.1, 0.15) is 37.3 Å². The summed E-state index contributed by atoms with van der Waals surface area (Å²) in [6, 6.07) is 8.46. The van der Waals surface area contributed by atoms with Crippen LogP contribution in [0.25, 0.3) is 0 Å². The summed E-state index contributed by atoms with van der Waals surface area (Å²) in [5, 5.41) is 3.24. The molecule has 0 saturated heterocycles. The Labute approximate surface area is 116 Å². The molecule has 0 bridgehead atoms. The molecular weight excluding hydrogens is 258 g/mol. The number of nitrogens with one attached hydrogen (secondary N) is 1. The SMILES string of the molecule is CCc1ccccc1CNC1CCCC1S(C)(=O)=O. The van der Waals surface area contributed by atoms with Crippen molar-refractivity contribution in [1.82, 2.24) is 5.32 Å². The van der Waals surface area contributed by atoms with E-state index in [0.29, 0.717) is 0 Å². The van der Waals surface area contributed by atoms with Crippen LogP contribution in [0, 0.1) is 0 Å². The minimum absolute atomic E-state index is 0.111. The molecule has 0 radical (unpaired) electrons. The van der Waals surface area contributed by atoms with Crippen molar-refractivity contribution in [3.8, 4) is 0 Å². The van der Waals surface area contributed by atoms with E-state index in [0.717, 1.165) is 32.2 Å².